The number of amides is 3. The van der Waals surface area contributed by atoms with Gasteiger partial charge in [-0.25, -0.2) is 4.79 Å². The van der Waals surface area contributed by atoms with Crippen LogP contribution in [0, 0.1) is 0 Å². The first kappa shape index (κ1) is 20.3. The van der Waals surface area contributed by atoms with Crippen molar-refractivity contribution < 1.29 is 36.8 Å². The fourth-order valence-corrected chi connectivity index (χ4v) is 7.34. The van der Waals surface area contributed by atoms with Crippen molar-refractivity contribution in [2.75, 3.05) is 26.4 Å². The summed E-state index contributed by atoms with van der Waals surface area (Å²) in [5.41, 5.74) is 0. The zero-order valence-electron chi connectivity index (χ0n) is 13.5. The molecule has 0 unspecified atom stereocenters. The highest BCUT2D eigenvalue weighted by atomic mass is 31.2. The van der Waals surface area contributed by atoms with E-state index in [0.29, 0.717) is 0 Å². The fraction of sp³-hybridized carbons (Fsp3) is 0.818. The summed E-state index contributed by atoms with van der Waals surface area (Å²) in [6.45, 7) is 5.61. The van der Waals surface area contributed by atoms with E-state index in [2.05, 4.69) is 5.32 Å². The molecule has 1 aliphatic heterocycles. The maximum absolute atomic E-state index is 13.2. The first-order valence-electron chi connectivity index (χ1n) is 7.18. The van der Waals surface area contributed by atoms with Crippen molar-refractivity contribution in [2.24, 2.45) is 0 Å². The van der Waals surface area contributed by atoms with Crippen LogP contribution in [0.3, 0.4) is 0 Å². The maximum atomic E-state index is 13.2. The SMILES string of the molecule is CCOP(=O)(OCC)C1(P(=O)(OCC)OCC)NC(=O)NC1=O. The highest BCUT2D eigenvalue weighted by Crippen LogP contribution is 2.77. The molecule has 134 valence electrons. The topological polar surface area (TPSA) is 129 Å². The molecule has 0 radical (unpaired) electrons. The number of urea groups is 1. The summed E-state index contributed by atoms with van der Waals surface area (Å²) in [5.74, 6) is -1.14. The molecular formula is C11H22N2O8P2. The molecule has 2 N–H and O–H groups in total. The van der Waals surface area contributed by atoms with E-state index in [0.717, 1.165) is 0 Å². The maximum Gasteiger partial charge on any atom is 0.378 e. The van der Waals surface area contributed by atoms with Gasteiger partial charge < -0.3 is 23.4 Å². The molecule has 0 aromatic heterocycles. The molecule has 0 saturated carbocycles. The standard InChI is InChI=1S/C11H22N2O8P2/c1-5-18-22(16,19-6-2)11(9(14)12-10(15)13-11)23(17,20-7-3)21-8-4/h5-8H2,1-4H3,(H2,12,13,14,15). The third-order valence-electron chi connectivity index (χ3n) is 2.82. The van der Waals surface area contributed by atoms with Crippen LogP contribution in [-0.4, -0.2) is 43.4 Å². The molecule has 1 heterocycles. The average Bonchev–Trinajstić information content (AvgIpc) is 2.76. The summed E-state index contributed by atoms with van der Waals surface area (Å²) in [6.07, 6.45) is 0. The van der Waals surface area contributed by atoms with Gasteiger partial charge in [0.2, 0.25) is 0 Å². The second-order valence-electron chi connectivity index (χ2n) is 4.25. The average molecular weight is 372 g/mol. The molecule has 0 bridgehead atoms. The Balaban J connectivity index is 3.62. The first-order chi connectivity index (χ1) is 10.8. The molecule has 0 aromatic carbocycles. The van der Waals surface area contributed by atoms with Crippen LogP contribution >= 0.6 is 15.2 Å². The first-order valence-corrected chi connectivity index (χ1v) is 10.3. The largest absolute Gasteiger partial charge is 0.378 e. The van der Waals surface area contributed by atoms with Crippen molar-refractivity contribution >= 4 is 27.1 Å². The summed E-state index contributed by atoms with van der Waals surface area (Å²) in [5, 5.41) is 1.42. The Labute approximate surface area is 134 Å². The highest BCUT2D eigenvalue weighted by molar-refractivity contribution is 7.76. The molecule has 1 rings (SSSR count). The van der Waals surface area contributed by atoms with Gasteiger partial charge in [-0.3, -0.25) is 19.2 Å². The molecule has 23 heavy (non-hydrogen) atoms. The molecule has 1 saturated heterocycles. The van der Waals surface area contributed by atoms with Crippen molar-refractivity contribution in [1.82, 2.24) is 10.6 Å². The van der Waals surface area contributed by atoms with E-state index in [-0.39, 0.29) is 26.4 Å². The minimum absolute atomic E-state index is 0.111. The predicted octanol–water partition coefficient (Wildman–Crippen LogP) is 2.01. The van der Waals surface area contributed by atoms with Crippen LogP contribution in [0.25, 0.3) is 0 Å². The van der Waals surface area contributed by atoms with Gasteiger partial charge in [-0.05, 0) is 27.7 Å². The summed E-state index contributed by atoms with van der Waals surface area (Å²) in [4.78, 5) is 24.1. The van der Waals surface area contributed by atoms with Gasteiger partial charge in [0, 0.05) is 0 Å². The molecule has 1 aliphatic rings. The van der Waals surface area contributed by atoms with Crippen LogP contribution in [0.4, 0.5) is 4.79 Å². The molecule has 0 atom stereocenters. The zero-order valence-corrected chi connectivity index (χ0v) is 15.3. The Kier molecular flexibility index (Phi) is 6.95. The third-order valence-corrected chi connectivity index (χ3v) is 8.90. The number of nitrogens with one attached hydrogen (secondary N) is 2. The number of carbonyl (C=O) groups is 2. The quantitative estimate of drug-likeness (QED) is 0.440. The lowest BCUT2D eigenvalue weighted by Gasteiger charge is -2.36. The van der Waals surface area contributed by atoms with E-state index < -0.39 is 32.2 Å². The van der Waals surface area contributed by atoms with Gasteiger partial charge in [-0.1, -0.05) is 0 Å². The van der Waals surface area contributed by atoms with Crippen LogP contribution in [0.1, 0.15) is 27.7 Å². The van der Waals surface area contributed by atoms with Crippen molar-refractivity contribution in [3.8, 4) is 0 Å². The second-order valence-corrected chi connectivity index (χ2v) is 8.96. The molecule has 3 amide bonds. The van der Waals surface area contributed by atoms with E-state index >= 15 is 0 Å². The lowest BCUT2D eigenvalue weighted by molar-refractivity contribution is -0.120. The smallest absolute Gasteiger partial charge is 0.306 e. The van der Waals surface area contributed by atoms with Crippen molar-refractivity contribution in [2.45, 2.75) is 32.7 Å². The molecule has 0 spiro atoms. The second kappa shape index (κ2) is 7.88. The lowest BCUT2D eigenvalue weighted by atomic mass is 10.6. The summed E-state index contributed by atoms with van der Waals surface area (Å²) in [6, 6.07) is -0.991. The number of rotatable bonds is 10. The predicted molar refractivity (Wildman–Crippen MR) is 81.1 cm³/mol. The Morgan fingerprint density at radius 2 is 1.17 bits per heavy atom. The molecule has 0 aliphatic carbocycles. The van der Waals surface area contributed by atoms with Crippen molar-refractivity contribution in [3.05, 3.63) is 0 Å². The van der Waals surface area contributed by atoms with E-state index in [1.807, 2.05) is 5.32 Å². The van der Waals surface area contributed by atoms with Gasteiger partial charge in [-0.15, -0.1) is 0 Å². The van der Waals surface area contributed by atoms with Crippen LogP contribution < -0.4 is 10.6 Å². The summed E-state index contributed by atoms with van der Waals surface area (Å²) < 4.78 is 47.0. The molecule has 0 aromatic rings. The van der Waals surface area contributed by atoms with Gasteiger partial charge in [0.1, 0.15) is 0 Å². The van der Waals surface area contributed by atoms with E-state index in [1.54, 1.807) is 0 Å². The number of hydrogen-bond donors (Lipinski definition) is 2. The minimum atomic E-state index is -4.43. The third kappa shape index (κ3) is 3.38. The van der Waals surface area contributed by atoms with Crippen LogP contribution in [0.15, 0.2) is 0 Å². The normalized spacial score (nSPS) is 17.9. The fourth-order valence-electron chi connectivity index (χ4n) is 2.10. The number of imide groups is 1. The van der Waals surface area contributed by atoms with Gasteiger partial charge in [0.15, 0.2) is 0 Å². The summed E-state index contributed by atoms with van der Waals surface area (Å²) >= 11 is 0. The Hall–Kier alpha value is -0.760. The molecular weight excluding hydrogens is 350 g/mol. The van der Waals surface area contributed by atoms with Crippen LogP contribution in [0.5, 0.6) is 0 Å². The van der Waals surface area contributed by atoms with Gasteiger partial charge in [0.05, 0.1) is 26.4 Å². The monoisotopic (exact) mass is 372 g/mol. The Bertz CT molecular complexity index is 502. The van der Waals surface area contributed by atoms with E-state index in [1.165, 1.54) is 27.7 Å². The van der Waals surface area contributed by atoms with Crippen molar-refractivity contribution in [3.63, 3.8) is 0 Å². The zero-order chi connectivity index (χ0) is 17.7. The Morgan fingerprint density at radius 3 is 1.39 bits per heavy atom. The van der Waals surface area contributed by atoms with Gasteiger partial charge in [-0.2, -0.15) is 0 Å². The molecule has 10 nitrogen and oxygen atoms in total. The summed E-state index contributed by atoms with van der Waals surface area (Å²) in [7, 11) is -8.86. The van der Waals surface area contributed by atoms with Crippen molar-refractivity contribution in [1.29, 1.82) is 0 Å². The molecule has 1 fully saturated rings. The van der Waals surface area contributed by atoms with Gasteiger partial charge >= 0.3 is 26.2 Å². The van der Waals surface area contributed by atoms with Gasteiger partial charge in [0.25, 0.3) is 5.91 Å². The number of carbonyl (C=O) groups excluding carboxylic acids is 2. The Morgan fingerprint density at radius 1 is 0.826 bits per heavy atom. The van der Waals surface area contributed by atoms with Crippen LogP contribution in [-0.2, 0) is 32.0 Å². The molecule has 12 heteroatoms. The lowest BCUT2D eigenvalue weighted by Crippen LogP contribution is -2.48. The number of hydrogen-bond acceptors (Lipinski definition) is 8. The highest BCUT2D eigenvalue weighted by Gasteiger charge is 2.74. The van der Waals surface area contributed by atoms with Crippen LogP contribution in [0.2, 0.25) is 0 Å². The van der Waals surface area contributed by atoms with E-state index in [9.17, 15) is 18.7 Å². The minimum Gasteiger partial charge on any atom is -0.306 e. The van der Waals surface area contributed by atoms with E-state index in [4.69, 9.17) is 18.1 Å².